The molecule has 31 heavy (non-hydrogen) atoms. The van der Waals surface area contributed by atoms with Crippen LogP contribution in [0.3, 0.4) is 0 Å². The molecular weight excluding hydrogens is 414 g/mol. The molecule has 3 aromatic rings. The minimum absolute atomic E-state index is 0.0572. The molecule has 162 valence electrons. The van der Waals surface area contributed by atoms with E-state index in [1.807, 2.05) is 56.3 Å². The van der Waals surface area contributed by atoms with Gasteiger partial charge in [-0.2, -0.15) is 5.10 Å². The summed E-state index contributed by atoms with van der Waals surface area (Å²) in [7, 11) is 4.77. The summed E-state index contributed by atoms with van der Waals surface area (Å²) in [6.45, 7) is 3.87. The maximum atomic E-state index is 12.9. The fraction of sp³-hybridized carbons (Fsp3) is 0.304. The van der Waals surface area contributed by atoms with Gasteiger partial charge in [0, 0.05) is 5.56 Å². The standard InChI is InChI=1S/C23H25N3O4S/c1-13-19-21(15-11-17(28-3)20(30-5)18(12-15)29-4)31-14(2)23(27)24-22(19)26(25-13)16-9-7-6-8-10-16/h6-12,14,21H,1-5H3,(H,24,27). The van der Waals surface area contributed by atoms with Gasteiger partial charge in [0.05, 0.1) is 43.2 Å². The highest BCUT2D eigenvalue weighted by Gasteiger charge is 2.35. The number of aryl methyl sites for hydroxylation is 1. The summed E-state index contributed by atoms with van der Waals surface area (Å²) in [5.74, 6) is 2.31. The summed E-state index contributed by atoms with van der Waals surface area (Å²) in [5.41, 5.74) is 3.63. The lowest BCUT2D eigenvalue weighted by molar-refractivity contribution is -0.115. The first-order valence-corrected chi connectivity index (χ1v) is 10.8. The third-order valence-corrected chi connectivity index (χ3v) is 6.71. The van der Waals surface area contributed by atoms with E-state index in [2.05, 4.69) is 5.32 Å². The SMILES string of the molecule is COc1cc(C2SC(C)C(=O)Nc3c2c(C)nn3-c2ccccc2)cc(OC)c1OC. The van der Waals surface area contributed by atoms with Crippen molar-refractivity contribution in [2.24, 2.45) is 0 Å². The van der Waals surface area contributed by atoms with Gasteiger partial charge in [0.2, 0.25) is 11.7 Å². The summed E-state index contributed by atoms with van der Waals surface area (Å²) in [4.78, 5) is 12.9. The highest BCUT2D eigenvalue weighted by molar-refractivity contribution is 8.01. The third-order valence-electron chi connectivity index (χ3n) is 5.31. The maximum absolute atomic E-state index is 12.9. The average Bonchev–Trinajstić information content (AvgIpc) is 3.04. The van der Waals surface area contributed by atoms with Gasteiger partial charge < -0.3 is 19.5 Å². The monoisotopic (exact) mass is 439 g/mol. The Balaban J connectivity index is 1.93. The molecule has 0 radical (unpaired) electrons. The van der Waals surface area contributed by atoms with Crippen LogP contribution in [0, 0.1) is 6.92 Å². The second-order valence-corrected chi connectivity index (χ2v) is 8.65. The molecular formula is C23H25N3O4S. The predicted octanol–water partition coefficient (Wildman–Crippen LogP) is 4.37. The number of aromatic nitrogens is 2. The number of ether oxygens (including phenoxy) is 3. The molecule has 2 heterocycles. The van der Waals surface area contributed by atoms with Crippen molar-refractivity contribution in [1.82, 2.24) is 9.78 Å². The number of carbonyl (C=O) groups is 1. The van der Waals surface area contributed by atoms with Crippen molar-refractivity contribution in [2.45, 2.75) is 24.3 Å². The van der Waals surface area contributed by atoms with Gasteiger partial charge in [0.1, 0.15) is 5.82 Å². The van der Waals surface area contributed by atoms with Crippen molar-refractivity contribution in [3.8, 4) is 22.9 Å². The maximum Gasteiger partial charge on any atom is 0.238 e. The van der Waals surface area contributed by atoms with Gasteiger partial charge in [-0.1, -0.05) is 18.2 Å². The molecule has 1 aliphatic heterocycles. The molecule has 0 saturated carbocycles. The van der Waals surface area contributed by atoms with E-state index in [4.69, 9.17) is 19.3 Å². The molecule has 2 aromatic carbocycles. The summed E-state index contributed by atoms with van der Waals surface area (Å²) < 4.78 is 18.4. The van der Waals surface area contributed by atoms with Crippen LogP contribution in [0.1, 0.15) is 29.0 Å². The van der Waals surface area contributed by atoms with Crippen LogP contribution in [-0.2, 0) is 4.79 Å². The summed E-state index contributed by atoms with van der Waals surface area (Å²) in [6, 6.07) is 13.7. The number of benzene rings is 2. The molecule has 7 nitrogen and oxygen atoms in total. The van der Waals surface area contributed by atoms with Gasteiger partial charge in [-0.05, 0) is 43.7 Å². The van der Waals surface area contributed by atoms with Crippen LogP contribution in [0.25, 0.3) is 5.69 Å². The molecule has 0 aliphatic carbocycles. The molecule has 1 aliphatic rings. The predicted molar refractivity (Wildman–Crippen MR) is 122 cm³/mol. The minimum Gasteiger partial charge on any atom is -0.493 e. The van der Waals surface area contributed by atoms with Crippen LogP contribution < -0.4 is 19.5 Å². The zero-order valence-corrected chi connectivity index (χ0v) is 18.9. The van der Waals surface area contributed by atoms with Crippen LogP contribution >= 0.6 is 11.8 Å². The normalized spacial score (nSPS) is 18.0. The molecule has 1 N–H and O–H groups in total. The molecule has 8 heteroatoms. The molecule has 2 atom stereocenters. The fourth-order valence-corrected chi connectivity index (χ4v) is 5.08. The molecule has 0 fully saturated rings. The van der Waals surface area contributed by atoms with Crippen LogP contribution in [0.5, 0.6) is 17.2 Å². The average molecular weight is 440 g/mol. The fourth-order valence-electron chi connectivity index (χ4n) is 3.78. The number of nitrogens with zero attached hydrogens (tertiary/aromatic N) is 2. The first kappa shape index (κ1) is 21.1. The molecule has 1 amide bonds. The summed E-state index contributed by atoms with van der Waals surface area (Å²) >= 11 is 1.57. The van der Waals surface area contributed by atoms with E-state index in [-0.39, 0.29) is 16.4 Å². The van der Waals surface area contributed by atoms with Crippen LogP contribution in [0.2, 0.25) is 0 Å². The molecule has 0 bridgehead atoms. The largest absolute Gasteiger partial charge is 0.493 e. The number of para-hydroxylation sites is 1. The van der Waals surface area contributed by atoms with E-state index in [9.17, 15) is 4.79 Å². The van der Waals surface area contributed by atoms with Crippen molar-refractivity contribution in [1.29, 1.82) is 0 Å². The quantitative estimate of drug-likeness (QED) is 0.636. The molecule has 0 saturated heterocycles. The highest BCUT2D eigenvalue weighted by atomic mass is 32.2. The molecule has 0 spiro atoms. The van der Waals surface area contributed by atoms with E-state index < -0.39 is 0 Å². The Morgan fingerprint density at radius 1 is 1.03 bits per heavy atom. The summed E-state index contributed by atoms with van der Waals surface area (Å²) in [5, 5.41) is 7.43. The number of fused-ring (bicyclic) bond motifs is 1. The Bertz CT molecular complexity index is 1090. The number of methoxy groups -OCH3 is 3. The second kappa shape index (κ2) is 8.55. The van der Waals surface area contributed by atoms with E-state index in [1.165, 1.54) is 0 Å². The number of rotatable bonds is 5. The Hall–Kier alpha value is -3.13. The first-order chi connectivity index (χ1) is 15.0. The molecule has 4 rings (SSSR count). The smallest absolute Gasteiger partial charge is 0.238 e. The lowest BCUT2D eigenvalue weighted by Gasteiger charge is -2.20. The van der Waals surface area contributed by atoms with Crippen molar-refractivity contribution in [3.63, 3.8) is 0 Å². The van der Waals surface area contributed by atoms with E-state index in [0.29, 0.717) is 23.1 Å². The van der Waals surface area contributed by atoms with Gasteiger partial charge in [0.15, 0.2) is 11.5 Å². The van der Waals surface area contributed by atoms with E-state index >= 15 is 0 Å². The van der Waals surface area contributed by atoms with Gasteiger partial charge in [-0.3, -0.25) is 4.79 Å². The van der Waals surface area contributed by atoms with E-state index in [1.54, 1.807) is 37.8 Å². The Kier molecular flexibility index (Phi) is 5.82. The van der Waals surface area contributed by atoms with Crippen LogP contribution in [-0.4, -0.2) is 42.3 Å². The van der Waals surface area contributed by atoms with Gasteiger partial charge in [-0.25, -0.2) is 4.68 Å². The van der Waals surface area contributed by atoms with Crippen LogP contribution in [0.15, 0.2) is 42.5 Å². The van der Waals surface area contributed by atoms with E-state index in [0.717, 1.165) is 22.5 Å². The zero-order chi connectivity index (χ0) is 22.1. The molecule has 2 unspecified atom stereocenters. The summed E-state index contributed by atoms with van der Waals surface area (Å²) in [6.07, 6.45) is 0. The number of hydrogen-bond donors (Lipinski definition) is 1. The first-order valence-electron chi connectivity index (χ1n) is 9.89. The lowest BCUT2D eigenvalue weighted by atomic mass is 10.0. The topological polar surface area (TPSA) is 74.6 Å². The number of thioether (sulfide) groups is 1. The number of carbonyl (C=O) groups excluding carboxylic acids is 1. The zero-order valence-electron chi connectivity index (χ0n) is 18.1. The van der Waals surface area contributed by atoms with Gasteiger partial charge in [-0.15, -0.1) is 11.8 Å². The Morgan fingerprint density at radius 3 is 2.26 bits per heavy atom. The van der Waals surface area contributed by atoms with Crippen molar-refractivity contribution >= 4 is 23.5 Å². The Labute approximate surface area is 185 Å². The number of anilines is 1. The number of hydrogen-bond acceptors (Lipinski definition) is 6. The van der Waals surface area contributed by atoms with Crippen molar-refractivity contribution < 1.29 is 19.0 Å². The minimum atomic E-state index is -0.264. The highest BCUT2D eigenvalue weighted by Crippen LogP contribution is 2.49. The van der Waals surface area contributed by atoms with Gasteiger partial charge >= 0.3 is 0 Å². The van der Waals surface area contributed by atoms with Crippen LogP contribution in [0.4, 0.5) is 5.82 Å². The second-order valence-electron chi connectivity index (χ2n) is 7.20. The Morgan fingerprint density at radius 2 is 1.68 bits per heavy atom. The van der Waals surface area contributed by atoms with Crippen molar-refractivity contribution in [3.05, 3.63) is 59.3 Å². The third kappa shape index (κ3) is 3.72. The number of amides is 1. The van der Waals surface area contributed by atoms with Crippen molar-refractivity contribution in [2.75, 3.05) is 26.6 Å². The van der Waals surface area contributed by atoms with Gasteiger partial charge in [0.25, 0.3) is 0 Å². The number of nitrogens with one attached hydrogen (secondary N) is 1. The lowest BCUT2D eigenvalue weighted by Crippen LogP contribution is -2.22. The molecule has 1 aromatic heterocycles.